The molecular weight excluding hydrogens is 284 g/mol. The van der Waals surface area contributed by atoms with Crippen LogP contribution in [0, 0.1) is 5.92 Å². The quantitative estimate of drug-likeness (QED) is 0.834. The average Bonchev–Trinajstić information content (AvgIpc) is 2.49. The van der Waals surface area contributed by atoms with Crippen molar-refractivity contribution in [3.63, 3.8) is 0 Å². The third-order valence-electron chi connectivity index (χ3n) is 4.03. The van der Waals surface area contributed by atoms with Crippen LogP contribution < -0.4 is 0 Å². The molecule has 0 unspecified atom stereocenters. The van der Waals surface area contributed by atoms with Gasteiger partial charge in [0.05, 0.1) is 0 Å². The lowest BCUT2D eigenvalue weighted by Crippen LogP contribution is -2.49. The summed E-state index contributed by atoms with van der Waals surface area (Å²) in [5.74, 6) is 0.400. The largest absolute Gasteiger partial charge is 0.340 e. The summed E-state index contributed by atoms with van der Waals surface area (Å²) in [6.45, 7) is 8.79. The van der Waals surface area contributed by atoms with Gasteiger partial charge in [-0.05, 0) is 37.1 Å². The van der Waals surface area contributed by atoms with Crippen molar-refractivity contribution < 1.29 is 4.79 Å². The van der Waals surface area contributed by atoms with Gasteiger partial charge in [-0.2, -0.15) is 0 Å². The van der Waals surface area contributed by atoms with Crippen molar-refractivity contribution in [3.05, 3.63) is 34.9 Å². The summed E-state index contributed by atoms with van der Waals surface area (Å²) < 4.78 is 0. The summed E-state index contributed by atoms with van der Waals surface area (Å²) in [6.07, 6.45) is 2.24. The van der Waals surface area contributed by atoms with Gasteiger partial charge in [0.25, 0.3) is 0 Å². The van der Waals surface area contributed by atoms with E-state index < -0.39 is 0 Å². The van der Waals surface area contributed by atoms with E-state index in [1.165, 1.54) is 5.56 Å². The van der Waals surface area contributed by atoms with E-state index in [2.05, 4.69) is 17.0 Å². The maximum absolute atomic E-state index is 11.9. The van der Waals surface area contributed by atoms with Gasteiger partial charge >= 0.3 is 0 Å². The molecule has 3 nitrogen and oxygen atoms in total. The van der Waals surface area contributed by atoms with Crippen LogP contribution in [0.2, 0.25) is 5.02 Å². The number of hydrogen-bond donors (Lipinski definition) is 0. The van der Waals surface area contributed by atoms with Gasteiger partial charge in [0.1, 0.15) is 0 Å². The Balaban J connectivity index is 1.67. The third-order valence-corrected chi connectivity index (χ3v) is 4.28. The number of rotatable bonds is 5. The number of carbonyl (C=O) groups excluding carboxylic acids is 1. The highest BCUT2D eigenvalue weighted by molar-refractivity contribution is 6.30. The SMILES string of the molecule is CC(C)C(=O)N1CCN(CCCc2ccc(Cl)cc2)CC1. The van der Waals surface area contributed by atoms with Crippen molar-refractivity contribution in [2.24, 2.45) is 5.92 Å². The van der Waals surface area contributed by atoms with Crippen LogP contribution in [0.3, 0.4) is 0 Å². The fraction of sp³-hybridized carbons (Fsp3) is 0.588. The predicted octanol–water partition coefficient (Wildman–Crippen LogP) is 3.07. The monoisotopic (exact) mass is 308 g/mol. The molecule has 0 saturated carbocycles. The zero-order valence-corrected chi connectivity index (χ0v) is 13.8. The molecule has 1 saturated heterocycles. The fourth-order valence-corrected chi connectivity index (χ4v) is 2.84. The smallest absolute Gasteiger partial charge is 0.225 e. The number of benzene rings is 1. The van der Waals surface area contributed by atoms with Gasteiger partial charge in [-0.1, -0.05) is 37.6 Å². The molecule has 1 amide bonds. The van der Waals surface area contributed by atoms with Crippen molar-refractivity contribution >= 4 is 17.5 Å². The molecule has 0 radical (unpaired) electrons. The molecule has 1 aromatic rings. The van der Waals surface area contributed by atoms with E-state index in [0.29, 0.717) is 0 Å². The van der Waals surface area contributed by atoms with E-state index in [1.807, 2.05) is 30.9 Å². The van der Waals surface area contributed by atoms with Gasteiger partial charge in [-0.25, -0.2) is 0 Å². The Morgan fingerprint density at radius 1 is 1.14 bits per heavy atom. The van der Waals surface area contributed by atoms with E-state index in [1.54, 1.807) is 0 Å². The molecule has 4 heteroatoms. The second-order valence-electron chi connectivity index (χ2n) is 6.05. The molecule has 0 aromatic heterocycles. The molecule has 0 aliphatic carbocycles. The molecule has 1 aliphatic rings. The Morgan fingerprint density at radius 3 is 2.33 bits per heavy atom. The molecular formula is C17H25ClN2O. The number of amides is 1. The summed E-state index contributed by atoms with van der Waals surface area (Å²) in [5, 5.41) is 0.796. The van der Waals surface area contributed by atoms with Crippen LogP contribution in [0.4, 0.5) is 0 Å². The number of halogens is 1. The highest BCUT2D eigenvalue weighted by atomic mass is 35.5. The van der Waals surface area contributed by atoms with Gasteiger partial charge in [-0.3, -0.25) is 9.69 Å². The molecule has 2 rings (SSSR count). The first-order valence-electron chi connectivity index (χ1n) is 7.82. The van der Waals surface area contributed by atoms with Crippen LogP contribution in [0.25, 0.3) is 0 Å². The fourth-order valence-electron chi connectivity index (χ4n) is 2.71. The molecule has 0 spiro atoms. The van der Waals surface area contributed by atoms with Crippen molar-refractivity contribution in [3.8, 4) is 0 Å². The minimum absolute atomic E-state index is 0.112. The summed E-state index contributed by atoms with van der Waals surface area (Å²) in [4.78, 5) is 16.4. The Hall–Kier alpha value is -1.06. The molecule has 1 fully saturated rings. The van der Waals surface area contributed by atoms with E-state index >= 15 is 0 Å². The van der Waals surface area contributed by atoms with Crippen LogP contribution >= 0.6 is 11.6 Å². The van der Waals surface area contributed by atoms with Gasteiger partial charge < -0.3 is 4.90 Å². The molecule has 0 N–H and O–H groups in total. The van der Waals surface area contributed by atoms with Crippen LogP contribution in [-0.2, 0) is 11.2 Å². The van der Waals surface area contributed by atoms with Crippen molar-refractivity contribution in [2.45, 2.75) is 26.7 Å². The Labute approximate surface area is 132 Å². The van der Waals surface area contributed by atoms with E-state index in [0.717, 1.165) is 50.6 Å². The zero-order chi connectivity index (χ0) is 15.2. The van der Waals surface area contributed by atoms with Gasteiger partial charge in [0, 0.05) is 37.1 Å². The molecule has 0 atom stereocenters. The normalized spacial score (nSPS) is 16.5. The number of nitrogens with zero attached hydrogens (tertiary/aromatic N) is 2. The van der Waals surface area contributed by atoms with Crippen LogP contribution in [0.5, 0.6) is 0 Å². The first-order chi connectivity index (χ1) is 10.1. The van der Waals surface area contributed by atoms with Crippen LogP contribution in [-0.4, -0.2) is 48.4 Å². The first kappa shape index (κ1) is 16.3. The van der Waals surface area contributed by atoms with Crippen molar-refractivity contribution in [1.29, 1.82) is 0 Å². The number of aryl methyl sites for hydroxylation is 1. The molecule has 116 valence electrons. The number of carbonyl (C=O) groups is 1. The lowest BCUT2D eigenvalue weighted by molar-refractivity contribution is -0.136. The minimum atomic E-state index is 0.112. The molecule has 0 bridgehead atoms. The van der Waals surface area contributed by atoms with Crippen molar-refractivity contribution in [2.75, 3.05) is 32.7 Å². The summed E-state index contributed by atoms with van der Waals surface area (Å²) in [5.41, 5.74) is 1.34. The molecule has 1 heterocycles. The van der Waals surface area contributed by atoms with Gasteiger partial charge in [0.15, 0.2) is 0 Å². The molecule has 1 aromatic carbocycles. The lowest BCUT2D eigenvalue weighted by atomic mass is 10.1. The maximum Gasteiger partial charge on any atom is 0.225 e. The van der Waals surface area contributed by atoms with E-state index in [4.69, 9.17) is 11.6 Å². The van der Waals surface area contributed by atoms with E-state index in [-0.39, 0.29) is 11.8 Å². The first-order valence-corrected chi connectivity index (χ1v) is 8.19. The second kappa shape index (κ2) is 7.81. The summed E-state index contributed by atoms with van der Waals surface area (Å²) in [7, 11) is 0. The maximum atomic E-state index is 11.9. The van der Waals surface area contributed by atoms with Crippen LogP contribution in [0.15, 0.2) is 24.3 Å². The Kier molecular flexibility index (Phi) is 6.07. The number of piperazine rings is 1. The Morgan fingerprint density at radius 2 is 1.76 bits per heavy atom. The summed E-state index contributed by atoms with van der Waals surface area (Å²) in [6, 6.07) is 8.10. The lowest BCUT2D eigenvalue weighted by Gasteiger charge is -2.35. The molecule has 1 aliphatic heterocycles. The standard InChI is InChI=1S/C17H25ClN2O/c1-14(2)17(21)20-12-10-19(11-13-20)9-3-4-15-5-7-16(18)8-6-15/h5-8,14H,3-4,9-13H2,1-2H3. The topological polar surface area (TPSA) is 23.6 Å². The Bertz CT molecular complexity index is 450. The summed E-state index contributed by atoms with van der Waals surface area (Å²) >= 11 is 5.89. The minimum Gasteiger partial charge on any atom is -0.340 e. The third kappa shape index (κ3) is 5.01. The highest BCUT2D eigenvalue weighted by Gasteiger charge is 2.22. The van der Waals surface area contributed by atoms with Crippen LogP contribution in [0.1, 0.15) is 25.8 Å². The zero-order valence-electron chi connectivity index (χ0n) is 13.0. The molecule has 21 heavy (non-hydrogen) atoms. The second-order valence-corrected chi connectivity index (χ2v) is 6.49. The number of hydrogen-bond acceptors (Lipinski definition) is 2. The highest BCUT2D eigenvalue weighted by Crippen LogP contribution is 2.12. The van der Waals surface area contributed by atoms with Gasteiger partial charge in [-0.15, -0.1) is 0 Å². The van der Waals surface area contributed by atoms with E-state index in [9.17, 15) is 4.79 Å². The average molecular weight is 309 g/mol. The van der Waals surface area contributed by atoms with Gasteiger partial charge in [0.2, 0.25) is 5.91 Å². The van der Waals surface area contributed by atoms with Crippen molar-refractivity contribution in [1.82, 2.24) is 9.80 Å². The predicted molar refractivity (Wildman–Crippen MR) is 87.6 cm³/mol.